The molecule has 1 atom stereocenters. The van der Waals surface area contributed by atoms with E-state index in [1.54, 1.807) is 19.2 Å². The van der Waals surface area contributed by atoms with Crippen molar-refractivity contribution in [3.8, 4) is 0 Å². The van der Waals surface area contributed by atoms with E-state index in [9.17, 15) is 4.79 Å². The predicted molar refractivity (Wildman–Crippen MR) is 68.6 cm³/mol. The normalized spacial score (nSPS) is 12.3. The Bertz CT molecular complexity index is 514. The summed E-state index contributed by atoms with van der Waals surface area (Å²) in [7, 11) is 1.59. The minimum Gasteiger partial charge on any atom is -0.455 e. The van der Waals surface area contributed by atoms with Crippen molar-refractivity contribution in [3.05, 3.63) is 59.5 Å². The maximum atomic E-state index is 12.2. The molecule has 0 aliphatic heterocycles. The largest absolute Gasteiger partial charge is 0.455 e. The molecule has 0 N–H and O–H groups in total. The fourth-order valence-corrected chi connectivity index (χ4v) is 1.84. The molecule has 1 aromatic carbocycles. The van der Waals surface area contributed by atoms with E-state index < -0.39 is 0 Å². The zero-order valence-corrected chi connectivity index (χ0v) is 10.6. The minimum absolute atomic E-state index is 0.0106. The van der Waals surface area contributed by atoms with Crippen LogP contribution in [0.1, 0.15) is 34.7 Å². The number of ether oxygens (including phenoxy) is 1. The first-order valence-electron chi connectivity index (χ1n) is 5.89. The van der Waals surface area contributed by atoms with Crippen molar-refractivity contribution in [3.63, 3.8) is 0 Å². The molecule has 1 aromatic heterocycles. The SMILES string of the molecule is COCc1ccc(C(=O)C(C)c2ccccc2)o1. The second-order valence-electron chi connectivity index (χ2n) is 4.20. The first-order valence-corrected chi connectivity index (χ1v) is 5.89. The van der Waals surface area contributed by atoms with E-state index >= 15 is 0 Å². The highest BCUT2D eigenvalue weighted by atomic mass is 16.5. The molecule has 0 bridgehead atoms. The van der Waals surface area contributed by atoms with Gasteiger partial charge in [-0.15, -0.1) is 0 Å². The number of Topliss-reactive ketones (excluding diaryl/α,β-unsaturated/α-hetero) is 1. The molecule has 94 valence electrons. The van der Waals surface area contributed by atoms with Gasteiger partial charge in [0.1, 0.15) is 12.4 Å². The average molecular weight is 244 g/mol. The zero-order valence-electron chi connectivity index (χ0n) is 10.6. The third-order valence-electron chi connectivity index (χ3n) is 2.88. The molecular weight excluding hydrogens is 228 g/mol. The topological polar surface area (TPSA) is 39.4 Å². The number of carbonyl (C=O) groups is 1. The Hall–Kier alpha value is -1.87. The number of benzene rings is 1. The van der Waals surface area contributed by atoms with Crippen molar-refractivity contribution < 1.29 is 13.9 Å². The molecule has 0 saturated carbocycles. The summed E-state index contributed by atoms with van der Waals surface area (Å²) in [5.74, 6) is 0.843. The van der Waals surface area contributed by atoms with Crippen LogP contribution in [0.4, 0.5) is 0 Å². The Kier molecular flexibility index (Phi) is 3.95. The van der Waals surface area contributed by atoms with Crippen LogP contribution < -0.4 is 0 Å². The summed E-state index contributed by atoms with van der Waals surface area (Å²) in [6.07, 6.45) is 0. The molecule has 0 saturated heterocycles. The number of rotatable bonds is 5. The maximum absolute atomic E-state index is 12.2. The second kappa shape index (κ2) is 5.65. The lowest BCUT2D eigenvalue weighted by atomic mass is 9.95. The zero-order chi connectivity index (χ0) is 13.0. The first-order chi connectivity index (χ1) is 8.72. The first kappa shape index (κ1) is 12.6. The van der Waals surface area contributed by atoms with Crippen LogP contribution in [0.25, 0.3) is 0 Å². The lowest BCUT2D eigenvalue weighted by Gasteiger charge is -2.08. The number of furan rings is 1. The summed E-state index contributed by atoms with van der Waals surface area (Å²) in [5, 5.41) is 0. The summed E-state index contributed by atoms with van der Waals surface area (Å²) >= 11 is 0. The van der Waals surface area contributed by atoms with Gasteiger partial charge in [-0.3, -0.25) is 4.79 Å². The Morgan fingerprint density at radius 2 is 1.94 bits per heavy atom. The van der Waals surface area contributed by atoms with Gasteiger partial charge in [-0.25, -0.2) is 0 Å². The molecule has 1 heterocycles. The van der Waals surface area contributed by atoms with Gasteiger partial charge in [0.25, 0.3) is 0 Å². The number of methoxy groups -OCH3 is 1. The van der Waals surface area contributed by atoms with E-state index in [2.05, 4.69) is 0 Å². The average Bonchev–Trinajstić information content (AvgIpc) is 2.87. The van der Waals surface area contributed by atoms with Gasteiger partial charge in [-0.1, -0.05) is 37.3 Å². The van der Waals surface area contributed by atoms with Gasteiger partial charge in [-0.05, 0) is 17.7 Å². The highest BCUT2D eigenvalue weighted by Crippen LogP contribution is 2.21. The van der Waals surface area contributed by atoms with Gasteiger partial charge in [0, 0.05) is 13.0 Å². The van der Waals surface area contributed by atoms with Gasteiger partial charge >= 0.3 is 0 Å². The van der Waals surface area contributed by atoms with Crippen LogP contribution in [-0.4, -0.2) is 12.9 Å². The molecule has 0 spiro atoms. The van der Waals surface area contributed by atoms with Gasteiger partial charge in [-0.2, -0.15) is 0 Å². The Morgan fingerprint density at radius 3 is 2.61 bits per heavy atom. The van der Waals surface area contributed by atoms with E-state index in [0.29, 0.717) is 18.1 Å². The Morgan fingerprint density at radius 1 is 1.22 bits per heavy atom. The molecule has 0 aliphatic carbocycles. The Labute approximate surface area is 106 Å². The van der Waals surface area contributed by atoms with Gasteiger partial charge in [0.15, 0.2) is 5.76 Å². The monoisotopic (exact) mass is 244 g/mol. The van der Waals surface area contributed by atoms with Crippen molar-refractivity contribution in [2.24, 2.45) is 0 Å². The molecule has 3 heteroatoms. The molecule has 1 unspecified atom stereocenters. The van der Waals surface area contributed by atoms with Crippen molar-refractivity contribution >= 4 is 5.78 Å². The van der Waals surface area contributed by atoms with E-state index in [-0.39, 0.29) is 11.7 Å². The highest BCUT2D eigenvalue weighted by molar-refractivity contribution is 5.98. The third-order valence-corrected chi connectivity index (χ3v) is 2.88. The molecule has 0 amide bonds. The van der Waals surface area contributed by atoms with Gasteiger partial charge < -0.3 is 9.15 Å². The fourth-order valence-electron chi connectivity index (χ4n) is 1.84. The molecule has 18 heavy (non-hydrogen) atoms. The molecule has 3 nitrogen and oxygen atoms in total. The third kappa shape index (κ3) is 2.68. The summed E-state index contributed by atoms with van der Waals surface area (Å²) in [4.78, 5) is 12.2. The Balaban J connectivity index is 2.15. The van der Waals surface area contributed by atoms with E-state index in [1.165, 1.54) is 0 Å². The number of hydrogen-bond donors (Lipinski definition) is 0. The molecule has 0 aliphatic rings. The second-order valence-corrected chi connectivity index (χ2v) is 4.20. The maximum Gasteiger partial charge on any atom is 0.205 e. The predicted octanol–water partition coefficient (Wildman–Crippen LogP) is 3.41. The highest BCUT2D eigenvalue weighted by Gasteiger charge is 2.20. The van der Waals surface area contributed by atoms with Crippen LogP contribution in [0, 0.1) is 0 Å². The summed E-state index contributed by atoms with van der Waals surface area (Å²) in [6.45, 7) is 2.27. The van der Waals surface area contributed by atoms with Crippen molar-refractivity contribution in [1.82, 2.24) is 0 Å². The van der Waals surface area contributed by atoms with Gasteiger partial charge in [0.2, 0.25) is 5.78 Å². The van der Waals surface area contributed by atoms with Crippen molar-refractivity contribution in [2.45, 2.75) is 19.4 Å². The lowest BCUT2D eigenvalue weighted by molar-refractivity contribution is 0.0930. The van der Waals surface area contributed by atoms with Crippen LogP contribution >= 0.6 is 0 Å². The number of hydrogen-bond acceptors (Lipinski definition) is 3. The quantitative estimate of drug-likeness (QED) is 0.756. The van der Waals surface area contributed by atoms with Crippen LogP contribution in [0.2, 0.25) is 0 Å². The summed E-state index contributed by atoms with van der Waals surface area (Å²) < 4.78 is 10.4. The van der Waals surface area contributed by atoms with Crippen molar-refractivity contribution in [2.75, 3.05) is 7.11 Å². The standard InChI is InChI=1S/C15H16O3/c1-11(12-6-4-3-5-7-12)15(16)14-9-8-13(18-14)10-17-2/h3-9,11H,10H2,1-2H3. The molecule has 2 rings (SSSR count). The van der Waals surface area contributed by atoms with Crippen LogP contribution in [0.5, 0.6) is 0 Å². The molecule has 0 fully saturated rings. The smallest absolute Gasteiger partial charge is 0.205 e. The summed E-state index contributed by atoms with van der Waals surface area (Å²) in [6, 6.07) is 13.2. The van der Waals surface area contributed by atoms with E-state index in [0.717, 1.165) is 5.56 Å². The summed E-state index contributed by atoms with van der Waals surface area (Å²) in [5.41, 5.74) is 0.993. The van der Waals surface area contributed by atoms with Crippen LogP contribution in [-0.2, 0) is 11.3 Å². The molecule has 0 radical (unpaired) electrons. The fraction of sp³-hybridized carbons (Fsp3) is 0.267. The number of ketones is 1. The molecule has 2 aromatic rings. The van der Waals surface area contributed by atoms with E-state index in [4.69, 9.17) is 9.15 Å². The van der Waals surface area contributed by atoms with Gasteiger partial charge in [0.05, 0.1) is 0 Å². The minimum atomic E-state index is -0.201. The molecular formula is C15H16O3. The van der Waals surface area contributed by atoms with Crippen molar-refractivity contribution in [1.29, 1.82) is 0 Å². The van der Waals surface area contributed by atoms with Crippen LogP contribution in [0.15, 0.2) is 46.9 Å². The van der Waals surface area contributed by atoms with Crippen LogP contribution in [0.3, 0.4) is 0 Å². The lowest BCUT2D eigenvalue weighted by Crippen LogP contribution is -2.08. The van der Waals surface area contributed by atoms with E-state index in [1.807, 2.05) is 37.3 Å². The number of carbonyl (C=O) groups excluding carboxylic acids is 1.